The summed E-state index contributed by atoms with van der Waals surface area (Å²) in [6.45, 7) is 10.5. The Kier molecular flexibility index (Phi) is 4.08. The first-order valence-corrected chi connectivity index (χ1v) is 7.67. The molecule has 19 heavy (non-hydrogen) atoms. The fraction of sp³-hybridized carbons (Fsp3) is 0.938. The molecule has 3 aliphatic carbocycles. The Morgan fingerprint density at radius 2 is 2.05 bits per heavy atom. The minimum absolute atomic E-state index is 0.101. The van der Waals surface area contributed by atoms with Gasteiger partial charge in [-0.05, 0) is 44.4 Å². The Balaban J connectivity index is 1.99. The molecule has 0 heterocycles. The van der Waals surface area contributed by atoms with Crippen LogP contribution in [-0.2, 0) is 14.6 Å². The molecule has 4 atom stereocenters. The summed E-state index contributed by atoms with van der Waals surface area (Å²) in [5.74, 6) is 1.46. The maximum Gasteiger partial charge on any atom is 0.132 e. The molecule has 0 N–H and O–H groups in total. The maximum atomic E-state index is 11.2. The number of carbonyl (C=O) groups is 1. The van der Waals surface area contributed by atoms with E-state index in [0.29, 0.717) is 12.3 Å². The lowest BCUT2D eigenvalue weighted by Gasteiger charge is -2.66. The van der Waals surface area contributed by atoms with E-state index in [9.17, 15) is 4.79 Å². The van der Waals surface area contributed by atoms with Crippen LogP contribution in [0.1, 0.15) is 66.7 Å². The number of ketones is 1. The fourth-order valence-corrected chi connectivity index (χ4v) is 4.03. The highest BCUT2D eigenvalue weighted by molar-refractivity contribution is 5.75. The minimum atomic E-state index is -0.139. The molecular formula is C16H28O3. The third-order valence-corrected chi connectivity index (χ3v) is 5.71. The van der Waals surface area contributed by atoms with Crippen LogP contribution in [0, 0.1) is 17.3 Å². The molecule has 4 unspecified atom stereocenters. The van der Waals surface area contributed by atoms with Gasteiger partial charge in [-0.15, -0.1) is 0 Å². The average Bonchev–Trinajstić information content (AvgIpc) is 2.34. The first-order valence-electron chi connectivity index (χ1n) is 7.67. The van der Waals surface area contributed by atoms with Crippen LogP contribution < -0.4 is 0 Å². The quantitative estimate of drug-likeness (QED) is 0.541. The van der Waals surface area contributed by atoms with E-state index in [2.05, 4.69) is 20.8 Å². The van der Waals surface area contributed by atoms with Crippen molar-refractivity contribution in [3.05, 3.63) is 0 Å². The fourth-order valence-electron chi connectivity index (χ4n) is 4.03. The van der Waals surface area contributed by atoms with E-state index >= 15 is 0 Å². The molecule has 3 fully saturated rings. The van der Waals surface area contributed by atoms with Crippen molar-refractivity contribution in [1.82, 2.24) is 0 Å². The summed E-state index contributed by atoms with van der Waals surface area (Å²) < 4.78 is 0. The summed E-state index contributed by atoms with van der Waals surface area (Å²) in [6.07, 6.45) is 4.80. The van der Waals surface area contributed by atoms with Crippen molar-refractivity contribution in [3.8, 4) is 0 Å². The monoisotopic (exact) mass is 268 g/mol. The maximum absolute atomic E-state index is 11.2. The van der Waals surface area contributed by atoms with Crippen molar-refractivity contribution in [3.63, 3.8) is 0 Å². The van der Waals surface area contributed by atoms with Crippen LogP contribution in [0.5, 0.6) is 0 Å². The molecule has 0 spiro atoms. The number of Topliss-reactive ketones (excluding diaryl/α,β-unsaturated/α-hetero) is 1. The van der Waals surface area contributed by atoms with Crippen molar-refractivity contribution in [2.45, 2.75) is 78.4 Å². The normalized spacial score (nSPS) is 37.5. The van der Waals surface area contributed by atoms with E-state index in [1.807, 2.05) is 6.92 Å². The first kappa shape index (κ1) is 15.0. The third-order valence-electron chi connectivity index (χ3n) is 5.71. The SMILES string of the molecule is CCC(CC(C)=O)OOC12CC(CCC1C)C2(C)C. The van der Waals surface area contributed by atoms with Gasteiger partial charge in [0.05, 0.1) is 6.10 Å². The molecule has 0 radical (unpaired) electrons. The number of hydrogen-bond acceptors (Lipinski definition) is 3. The summed E-state index contributed by atoms with van der Waals surface area (Å²) in [5, 5.41) is 0. The van der Waals surface area contributed by atoms with E-state index in [0.717, 1.165) is 18.8 Å². The van der Waals surface area contributed by atoms with Crippen molar-refractivity contribution >= 4 is 5.78 Å². The van der Waals surface area contributed by atoms with Crippen molar-refractivity contribution in [1.29, 1.82) is 0 Å². The molecule has 0 saturated heterocycles. The van der Waals surface area contributed by atoms with Crippen LogP contribution >= 0.6 is 0 Å². The molecule has 2 bridgehead atoms. The van der Waals surface area contributed by atoms with Crippen LogP contribution in [0.4, 0.5) is 0 Å². The highest BCUT2D eigenvalue weighted by Crippen LogP contribution is 2.65. The first-order chi connectivity index (χ1) is 8.83. The Morgan fingerprint density at radius 3 is 2.53 bits per heavy atom. The lowest BCUT2D eigenvalue weighted by molar-refractivity contribution is -0.456. The summed E-state index contributed by atoms with van der Waals surface area (Å²) in [7, 11) is 0. The van der Waals surface area contributed by atoms with E-state index in [1.165, 1.54) is 12.8 Å². The minimum Gasteiger partial charge on any atom is -0.300 e. The second-order valence-electron chi connectivity index (χ2n) is 7.11. The summed E-state index contributed by atoms with van der Waals surface area (Å²) in [6, 6.07) is 0. The molecule has 3 heteroatoms. The second kappa shape index (κ2) is 5.17. The molecule has 3 nitrogen and oxygen atoms in total. The Morgan fingerprint density at radius 1 is 1.37 bits per heavy atom. The summed E-state index contributed by atoms with van der Waals surface area (Å²) >= 11 is 0. The van der Waals surface area contributed by atoms with Gasteiger partial charge in [-0.2, -0.15) is 0 Å². The number of fused-ring (bicyclic) bond motifs is 2. The van der Waals surface area contributed by atoms with Crippen molar-refractivity contribution in [2.75, 3.05) is 0 Å². The molecule has 0 aromatic rings. The lowest BCUT2D eigenvalue weighted by atomic mass is 9.43. The zero-order valence-corrected chi connectivity index (χ0v) is 13.0. The van der Waals surface area contributed by atoms with Gasteiger partial charge in [0.1, 0.15) is 11.4 Å². The van der Waals surface area contributed by atoms with E-state index < -0.39 is 0 Å². The van der Waals surface area contributed by atoms with Crippen LogP contribution in [0.2, 0.25) is 0 Å². The largest absolute Gasteiger partial charge is 0.300 e. The Hall–Kier alpha value is -0.410. The highest BCUT2D eigenvalue weighted by atomic mass is 17.2. The molecule has 3 aliphatic rings. The number of hydrogen-bond donors (Lipinski definition) is 0. The van der Waals surface area contributed by atoms with Crippen LogP contribution in [-0.4, -0.2) is 17.5 Å². The topological polar surface area (TPSA) is 35.5 Å². The molecule has 0 aliphatic heterocycles. The van der Waals surface area contributed by atoms with Gasteiger partial charge in [0.15, 0.2) is 0 Å². The van der Waals surface area contributed by atoms with Gasteiger partial charge in [0.2, 0.25) is 0 Å². The Labute approximate surface area is 117 Å². The van der Waals surface area contributed by atoms with Gasteiger partial charge in [0, 0.05) is 11.8 Å². The number of rotatable bonds is 6. The van der Waals surface area contributed by atoms with Gasteiger partial charge >= 0.3 is 0 Å². The molecule has 3 rings (SSSR count). The Bertz CT molecular complexity index is 350. The zero-order valence-electron chi connectivity index (χ0n) is 13.0. The average molecular weight is 268 g/mol. The van der Waals surface area contributed by atoms with Crippen LogP contribution in [0.3, 0.4) is 0 Å². The molecule has 0 aromatic heterocycles. The predicted molar refractivity (Wildman–Crippen MR) is 74.6 cm³/mol. The van der Waals surface area contributed by atoms with Crippen molar-refractivity contribution in [2.24, 2.45) is 17.3 Å². The second-order valence-corrected chi connectivity index (χ2v) is 7.11. The molecular weight excluding hydrogens is 240 g/mol. The van der Waals surface area contributed by atoms with Gasteiger partial charge in [0.25, 0.3) is 0 Å². The van der Waals surface area contributed by atoms with Gasteiger partial charge in [-0.1, -0.05) is 27.7 Å². The van der Waals surface area contributed by atoms with E-state index in [1.54, 1.807) is 6.92 Å². The summed E-state index contributed by atoms with van der Waals surface area (Å²) in [5.41, 5.74) is 0.0549. The van der Waals surface area contributed by atoms with E-state index in [-0.39, 0.29) is 22.9 Å². The lowest BCUT2D eigenvalue weighted by Crippen LogP contribution is -2.68. The van der Waals surface area contributed by atoms with Crippen LogP contribution in [0.15, 0.2) is 0 Å². The molecule has 0 aromatic carbocycles. The van der Waals surface area contributed by atoms with E-state index in [4.69, 9.17) is 9.78 Å². The predicted octanol–water partition coefficient (Wildman–Crippen LogP) is 3.91. The molecule has 110 valence electrons. The zero-order chi connectivity index (χ0) is 14.3. The van der Waals surface area contributed by atoms with Gasteiger partial charge in [-0.25, -0.2) is 9.78 Å². The smallest absolute Gasteiger partial charge is 0.132 e. The molecule has 3 saturated carbocycles. The standard InChI is InChI=1S/C16H28O3/c1-6-14(9-12(3)17)18-19-16-10-13(15(16,4)5)8-7-11(16)2/h11,13-14H,6-10H2,1-5H3. The molecule has 0 amide bonds. The third kappa shape index (κ3) is 2.36. The van der Waals surface area contributed by atoms with Gasteiger partial charge in [-0.3, -0.25) is 4.79 Å². The van der Waals surface area contributed by atoms with Gasteiger partial charge < -0.3 is 0 Å². The van der Waals surface area contributed by atoms with Crippen molar-refractivity contribution < 1.29 is 14.6 Å². The number of carbonyl (C=O) groups excluding carboxylic acids is 1. The summed E-state index contributed by atoms with van der Waals surface area (Å²) in [4.78, 5) is 22.8. The highest BCUT2D eigenvalue weighted by Gasteiger charge is 2.66. The van der Waals surface area contributed by atoms with Crippen LogP contribution in [0.25, 0.3) is 0 Å².